The molecule has 19 heavy (non-hydrogen) atoms. The van der Waals surface area contributed by atoms with Crippen LogP contribution in [-0.4, -0.2) is 50.6 Å². The van der Waals surface area contributed by atoms with Crippen molar-refractivity contribution in [2.45, 2.75) is 39.0 Å². The van der Waals surface area contributed by atoms with Crippen molar-refractivity contribution < 1.29 is 9.53 Å². The van der Waals surface area contributed by atoms with Gasteiger partial charge in [-0.3, -0.25) is 9.79 Å². The Kier molecular flexibility index (Phi) is 7.30. The molecule has 1 heterocycles. The van der Waals surface area contributed by atoms with Gasteiger partial charge in [-0.1, -0.05) is 6.92 Å². The second-order valence-corrected chi connectivity index (χ2v) is 5.18. The van der Waals surface area contributed by atoms with Gasteiger partial charge in [0.2, 0.25) is 0 Å². The summed E-state index contributed by atoms with van der Waals surface area (Å²) in [6.07, 6.45) is 4.79. The lowest BCUT2D eigenvalue weighted by Gasteiger charge is -2.32. The molecular formula is C14H27N3O2. The third-order valence-electron chi connectivity index (χ3n) is 3.61. The van der Waals surface area contributed by atoms with Gasteiger partial charge in [0.25, 0.3) is 0 Å². The van der Waals surface area contributed by atoms with Gasteiger partial charge in [-0.15, -0.1) is 0 Å². The summed E-state index contributed by atoms with van der Waals surface area (Å²) in [5.74, 6) is 1.69. The van der Waals surface area contributed by atoms with Gasteiger partial charge < -0.3 is 15.0 Å². The number of hydrogen-bond acceptors (Lipinski definition) is 3. The summed E-state index contributed by atoms with van der Waals surface area (Å²) in [5, 5.41) is 3.37. The number of rotatable bonds is 5. The van der Waals surface area contributed by atoms with Crippen LogP contribution in [0.4, 0.5) is 0 Å². The Labute approximate surface area is 116 Å². The molecule has 0 aliphatic carbocycles. The third kappa shape index (κ3) is 5.94. The van der Waals surface area contributed by atoms with E-state index in [0.717, 1.165) is 44.4 Å². The molecule has 0 aromatic heterocycles. The van der Waals surface area contributed by atoms with Crippen molar-refractivity contribution >= 4 is 11.9 Å². The number of hydrogen-bond donors (Lipinski definition) is 1. The molecular weight excluding hydrogens is 242 g/mol. The van der Waals surface area contributed by atoms with E-state index < -0.39 is 0 Å². The lowest BCUT2D eigenvalue weighted by atomic mass is 10.00. The van der Waals surface area contributed by atoms with Gasteiger partial charge in [0, 0.05) is 33.1 Å². The highest BCUT2D eigenvalue weighted by Gasteiger charge is 2.18. The first kappa shape index (κ1) is 15.8. The molecule has 0 aromatic carbocycles. The van der Waals surface area contributed by atoms with Crippen molar-refractivity contribution in [3.05, 3.63) is 0 Å². The molecule has 1 aliphatic heterocycles. The largest absolute Gasteiger partial charge is 0.469 e. The van der Waals surface area contributed by atoms with Crippen LogP contribution >= 0.6 is 0 Å². The molecule has 1 N–H and O–H groups in total. The number of guanidine groups is 1. The first-order valence-electron chi connectivity index (χ1n) is 7.19. The Morgan fingerprint density at radius 2 is 2.05 bits per heavy atom. The normalized spacial score (nSPS) is 17.4. The number of nitrogens with zero attached hydrogens (tertiary/aromatic N) is 2. The van der Waals surface area contributed by atoms with Crippen LogP contribution in [0.1, 0.15) is 39.0 Å². The number of unbranched alkanes of at least 4 members (excludes halogenated alkanes) is 1. The molecule has 0 unspecified atom stereocenters. The van der Waals surface area contributed by atoms with Gasteiger partial charge >= 0.3 is 5.97 Å². The number of esters is 1. The van der Waals surface area contributed by atoms with Gasteiger partial charge in [-0.25, -0.2) is 0 Å². The Morgan fingerprint density at radius 1 is 1.37 bits per heavy atom. The van der Waals surface area contributed by atoms with Crippen LogP contribution in [0.3, 0.4) is 0 Å². The topological polar surface area (TPSA) is 53.9 Å². The summed E-state index contributed by atoms with van der Waals surface area (Å²) >= 11 is 0. The molecule has 1 saturated heterocycles. The number of ether oxygens (including phenoxy) is 1. The van der Waals surface area contributed by atoms with Crippen LogP contribution in [0.25, 0.3) is 0 Å². The summed E-state index contributed by atoms with van der Waals surface area (Å²) in [4.78, 5) is 17.6. The van der Waals surface area contributed by atoms with Gasteiger partial charge in [0.05, 0.1) is 7.11 Å². The van der Waals surface area contributed by atoms with E-state index in [1.807, 2.05) is 7.05 Å². The molecule has 0 saturated carbocycles. The van der Waals surface area contributed by atoms with E-state index in [9.17, 15) is 4.79 Å². The van der Waals surface area contributed by atoms with Crippen molar-refractivity contribution in [1.29, 1.82) is 0 Å². The third-order valence-corrected chi connectivity index (χ3v) is 3.61. The maximum atomic E-state index is 11.0. The van der Waals surface area contributed by atoms with E-state index in [1.165, 1.54) is 20.0 Å². The lowest BCUT2D eigenvalue weighted by molar-refractivity contribution is -0.140. The summed E-state index contributed by atoms with van der Waals surface area (Å²) in [7, 11) is 3.26. The molecule has 1 aliphatic rings. The number of aliphatic imine (C=N–C) groups is 1. The summed E-state index contributed by atoms with van der Waals surface area (Å²) < 4.78 is 4.61. The van der Waals surface area contributed by atoms with Crippen LogP contribution in [-0.2, 0) is 9.53 Å². The van der Waals surface area contributed by atoms with Crippen LogP contribution in [0.2, 0.25) is 0 Å². The van der Waals surface area contributed by atoms with Crippen molar-refractivity contribution in [2.24, 2.45) is 10.9 Å². The van der Waals surface area contributed by atoms with E-state index in [0.29, 0.717) is 6.42 Å². The van der Waals surface area contributed by atoms with Crippen LogP contribution in [0, 0.1) is 5.92 Å². The van der Waals surface area contributed by atoms with Gasteiger partial charge in [0.15, 0.2) is 5.96 Å². The molecule has 1 fully saturated rings. The van der Waals surface area contributed by atoms with E-state index in [1.54, 1.807) is 0 Å². The van der Waals surface area contributed by atoms with E-state index in [2.05, 4.69) is 26.9 Å². The zero-order chi connectivity index (χ0) is 14.1. The van der Waals surface area contributed by atoms with Crippen molar-refractivity contribution in [3.63, 3.8) is 0 Å². The molecule has 5 nitrogen and oxygen atoms in total. The molecule has 0 atom stereocenters. The quantitative estimate of drug-likeness (QED) is 0.357. The molecule has 0 aromatic rings. The fourth-order valence-corrected chi connectivity index (χ4v) is 2.25. The van der Waals surface area contributed by atoms with Gasteiger partial charge in [-0.2, -0.15) is 0 Å². The predicted octanol–water partition coefficient (Wildman–Crippen LogP) is 1.64. The van der Waals surface area contributed by atoms with Crippen LogP contribution in [0.15, 0.2) is 4.99 Å². The molecule has 0 radical (unpaired) electrons. The molecule has 110 valence electrons. The average Bonchev–Trinajstić information content (AvgIpc) is 2.43. The van der Waals surface area contributed by atoms with Crippen LogP contribution in [0.5, 0.6) is 0 Å². The highest BCUT2D eigenvalue weighted by molar-refractivity contribution is 5.79. The Bertz CT molecular complexity index is 297. The Balaban J connectivity index is 2.17. The minimum atomic E-state index is -0.130. The molecule has 0 bridgehead atoms. The zero-order valence-corrected chi connectivity index (χ0v) is 12.4. The molecule has 1 rings (SSSR count). The fraction of sp³-hybridized carbons (Fsp3) is 0.857. The fourth-order valence-electron chi connectivity index (χ4n) is 2.25. The first-order valence-corrected chi connectivity index (χ1v) is 7.19. The highest BCUT2D eigenvalue weighted by Crippen LogP contribution is 2.15. The summed E-state index contributed by atoms with van der Waals surface area (Å²) in [6, 6.07) is 0. The maximum Gasteiger partial charge on any atom is 0.305 e. The molecule has 5 heteroatoms. The smallest absolute Gasteiger partial charge is 0.305 e. The first-order chi connectivity index (χ1) is 9.17. The number of likely N-dealkylation sites (tertiary alicyclic amines) is 1. The number of piperidine rings is 1. The second-order valence-electron chi connectivity index (χ2n) is 5.18. The lowest BCUT2D eigenvalue weighted by Crippen LogP contribution is -2.45. The van der Waals surface area contributed by atoms with Gasteiger partial charge in [0.1, 0.15) is 0 Å². The monoisotopic (exact) mass is 269 g/mol. The minimum Gasteiger partial charge on any atom is -0.469 e. The SMILES string of the molecule is CN=C(NCCCCC(=O)OC)N1CCC(C)CC1. The van der Waals surface area contributed by atoms with Gasteiger partial charge in [-0.05, 0) is 31.6 Å². The van der Waals surface area contributed by atoms with Crippen molar-refractivity contribution in [2.75, 3.05) is 33.8 Å². The Morgan fingerprint density at radius 3 is 2.63 bits per heavy atom. The van der Waals surface area contributed by atoms with E-state index in [4.69, 9.17) is 0 Å². The zero-order valence-electron chi connectivity index (χ0n) is 12.4. The minimum absolute atomic E-state index is 0.130. The maximum absolute atomic E-state index is 11.0. The van der Waals surface area contributed by atoms with E-state index in [-0.39, 0.29) is 5.97 Å². The van der Waals surface area contributed by atoms with Crippen molar-refractivity contribution in [3.8, 4) is 0 Å². The number of nitrogens with one attached hydrogen (secondary N) is 1. The van der Waals surface area contributed by atoms with Crippen molar-refractivity contribution in [1.82, 2.24) is 10.2 Å². The second kappa shape index (κ2) is 8.77. The summed E-state index contributed by atoms with van der Waals surface area (Å²) in [6.45, 7) is 5.34. The standard InChI is InChI=1S/C14H27N3O2/c1-12-7-10-17(11-8-12)14(15-2)16-9-5-4-6-13(18)19-3/h12H,4-11H2,1-3H3,(H,15,16). The summed E-state index contributed by atoms with van der Waals surface area (Å²) in [5.41, 5.74) is 0. The number of carbonyl (C=O) groups excluding carboxylic acids is 1. The van der Waals surface area contributed by atoms with Crippen LogP contribution < -0.4 is 5.32 Å². The highest BCUT2D eigenvalue weighted by atomic mass is 16.5. The Hall–Kier alpha value is -1.26. The molecule has 0 spiro atoms. The molecule has 0 amide bonds. The number of methoxy groups -OCH3 is 1. The predicted molar refractivity (Wildman–Crippen MR) is 77.2 cm³/mol. The number of carbonyl (C=O) groups is 1. The average molecular weight is 269 g/mol. The van der Waals surface area contributed by atoms with E-state index >= 15 is 0 Å².